The van der Waals surface area contributed by atoms with Crippen molar-refractivity contribution in [3.05, 3.63) is 113 Å². The third kappa shape index (κ3) is 3.65. The van der Waals surface area contributed by atoms with Crippen molar-refractivity contribution in [3.63, 3.8) is 0 Å². The predicted octanol–water partition coefficient (Wildman–Crippen LogP) is 7.12. The van der Waals surface area contributed by atoms with E-state index in [0.29, 0.717) is 16.6 Å². The van der Waals surface area contributed by atoms with E-state index in [2.05, 4.69) is 28.3 Å². The van der Waals surface area contributed by atoms with E-state index in [4.69, 9.17) is 11.6 Å². The lowest BCUT2D eigenvalue weighted by atomic mass is 9.77. The third-order valence-corrected chi connectivity index (χ3v) is 8.48. The molecule has 1 heterocycles. The quantitative estimate of drug-likeness (QED) is 0.302. The summed E-state index contributed by atoms with van der Waals surface area (Å²) in [5, 5.41) is 6.23. The van der Waals surface area contributed by atoms with Gasteiger partial charge in [-0.3, -0.25) is 4.72 Å². The van der Waals surface area contributed by atoms with Gasteiger partial charge in [-0.1, -0.05) is 72.3 Å². The lowest BCUT2D eigenvalue weighted by Crippen LogP contribution is -2.29. The van der Waals surface area contributed by atoms with E-state index in [1.165, 1.54) is 0 Å². The Morgan fingerprint density at radius 1 is 0.912 bits per heavy atom. The number of hydrogen-bond donors (Lipinski definition) is 2. The summed E-state index contributed by atoms with van der Waals surface area (Å²) >= 11 is 6.26. The van der Waals surface area contributed by atoms with E-state index in [-0.39, 0.29) is 16.9 Å². The number of rotatable bonds is 4. The minimum absolute atomic E-state index is 0.113. The molecule has 2 aliphatic rings. The minimum Gasteiger partial charge on any atom is -0.378 e. The first-order valence-electron chi connectivity index (χ1n) is 11.3. The van der Waals surface area contributed by atoms with Crippen LogP contribution in [-0.4, -0.2) is 8.42 Å². The highest BCUT2D eigenvalue weighted by atomic mass is 35.5. The Bertz CT molecular complexity index is 1540. The molecule has 3 atom stereocenters. The number of benzene rings is 4. The molecule has 0 saturated carbocycles. The zero-order chi connectivity index (χ0) is 23.3. The number of hydrogen-bond acceptors (Lipinski definition) is 3. The Morgan fingerprint density at radius 2 is 1.74 bits per heavy atom. The summed E-state index contributed by atoms with van der Waals surface area (Å²) < 4.78 is 29.6. The second kappa shape index (κ2) is 8.19. The maximum atomic E-state index is 13.4. The molecule has 1 aliphatic carbocycles. The van der Waals surface area contributed by atoms with Crippen molar-refractivity contribution < 1.29 is 8.42 Å². The summed E-state index contributed by atoms with van der Waals surface area (Å²) in [6, 6.07) is 26.8. The van der Waals surface area contributed by atoms with Crippen molar-refractivity contribution in [2.45, 2.75) is 23.3 Å². The number of fused-ring (bicyclic) bond motifs is 4. The van der Waals surface area contributed by atoms with Crippen LogP contribution < -0.4 is 10.0 Å². The van der Waals surface area contributed by atoms with E-state index in [1.54, 1.807) is 12.1 Å². The molecule has 3 unspecified atom stereocenters. The van der Waals surface area contributed by atoms with Gasteiger partial charge in [0.05, 0.1) is 16.6 Å². The first-order chi connectivity index (χ1) is 16.5. The summed E-state index contributed by atoms with van der Waals surface area (Å²) in [7, 11) is -3.76. The highest BCUT2D eigenvalue weighted by Crippen LogP contribution is 2.50. The van der Waals surface area contributed by atoms with Crippen LogP contribution in [0.15, 0.2) is 102 Å². The molecule has 0 amide bonds. The fraction of sp³-hybridized carbons (Fsp3) is 0.143. The van der Waals surface area contributed by atoms with Crippen LogP contribution in [0.3, 0.4) is 0 Å². The first kappa shape index (κ1) is 21.3. The topological polar surface area (TPSA) is 58.2 Å². The molecule has 0 saturated heterocycles. The van der Waals surface area contributed by atoms with Gasteiger partial charge in [0.15, 0.2) is 0 Å². The molecule has 4 aromatic carbocycles. The second-order valence-electron chi connectivity index (χ2n) is 8.91. The molecule has 6 heteroatoms. The van der Waals surface area contributed by atoms with Crippen molar-refractivity contribution in [3.8, 4) is 0 Å². The minimum atomic E-state index is -3.76. The summed E-state index contributed by atoms with van der Waals surface area (Å²) in [6.45, 7) is 0. The van der Waals surface area contributed by atoms with Gasteiger partial charge in [0, 0.05) is 22.0 Å². The molecule has 0 aromatic heterocycles. The number of allylic oxidation sites excluding steroid dienone is 2. The van der Waals surface area contributed by atoms with Crippen molar-refractivity contribution in [2.75, 3.05) is 10.0 Å². The van der Waals surface area contributed by atoms with E-state index >= 15 is 0 Å². The molecule has 1 aliphatic heterocycles. The second-order valence-corrected chi connectivity index (χ2v) is 11.0. The molecular weight excluding hydrogens is 464 g/mol. The predicted molar refractivity (Wildman–Crippen MR) is 139 cm³/mol. The standard InChI is InChI=1S/C28H23ClN2O2S/c29-20-9-3-8-19(16-20)28-24-12-5-11-23(24)25-17-21(14-15-26(25)30-28)34(32,33)31-27-13-4-7-18-6-1-2-10-22(18)27/h1-11,13-17,23-24,28,30-31H,12H2. The van der Waals surface area contributed by atoms with Crippen LogP contribution in [0.4, 0.5) is 11.4 Å². The average Bonchev–Trinajstić information content (AvgIpc) is 3.34. The highest BCUT2D eigenvalue weighted by molar-refractivity contribution is 7.92. The van der Waals surface area contributed by atoms with Gasteiger partial charge in [0.25, 0.3) is 10.0 Å². The van der Waals surface area contributed by atoms with E-state index < -0.39 is 10.0 Å². The Balaban J connectivity index is 1.36. The fourth-order valence-corrected chi connectivity index (χ4v) is 6.60. The average molecular weight is 487 g/mol. The molecule has 4 aromatic rings. The maximum Gasteiger partial charge on any atom is 0.261 e. The van der Waals surface area contributed by atoms with Crippen LogP contribution in [0, 0.1) is 5.92 Å². The van der Waals surface area contributed by atoms with E-state index in [1.807, 2.05) is 66.7 Å². The van der Waals surface area contributed by atoms with Crippen molar-refractivity contribution in [1.82, 2.24) is 0 Å². The SMILES string of the molecule is O=S(=O)(Nc1cccc2ccccc12)c1ccc2c(c1)C1C=CCC1C(c1cccc(Cl)c1)N2. The zero-order valence-corrected chi connectivity index (χ0v) is 19.9. The van der Waals surface area contributed by atoms with Gasteiger partial charge in [-0.2, -0.15) is 0 Å². The van der Waals surface area contributed by atoms with Gasteiger partial charge >= 0.3 is 0 Å². The van der Waals surface area contributed by atoms with Gasteiger partial charge in [0.1, 0.15) is 0 Å². The fourth-order valence-electron chi connectivity index (χ4n) is 5.29. The maximum absolute atomic E-state index is 13.4. The number of nitrogens with one attached hydrogen (secondary N) is 2. The van der Waals surface area contributed by atoms with E-state index in [9.17, 15) is 8.42 Å². The summed E-state index contributed by atoms with van der Waals surface area (Å²) in [4.78, 5) is 0.265. The van der Waals surface area contributed by atoms with Crippen LogP contribution >= 0.6 is 11.6 Å². The van der Waals surface area contributed by atoms with Gasteiger partial charge < -0.3 is 5.32 Å². The van der Waals surface area contributed by atoms with Crippen molar-refractivity contribution in [2.24, 2.45) is 5.92 Å². The summed E-state index contributed by atoms with van der Waals surface area (Å²) in [6.07, 6.45) is 5.33. The van der Waals surface area contributed by atoms with Crippen LogP contribution in [0.5, 0.6) is 0 Å². The summed E-state index contributed by atoms with van der Waals surface area (Å²) in [5.41, 5.74) is 3.69. The smallest absolute Gasteiger partial charge is 0.261 e. The molecule has 6 rings (SSSR count). The number of anilines is 2. The van der Waals surface area contributed by atoms with Crippen molar-refractivity contribution in [1.29, 1.82) is 0 Å². The third-order valence-electron chi connectivity index (χ3n) is 6.89. The molecule has 0 fully saturated rings. The molecule has 2 N–H and O–H groups in total. The molecule has 0 bridgehead atoms. The van der Waals surface area contributed by atoms with Gasteiger partial charge in [-0.15, -0.1) is 0 Å². The Morgan fingerprint density at radius 3 is 2.62 bits per heavy atom. The molecular formula is C28H23ClN2O2S. The number of sulfonamides is 1. The van der Waals surface area contributed by atoms with Crippen LogP contribution in [0.25, 0.3) is 10.8 Å². The van der Waals surface area contributed by atoms with Crippen LogP contribution in [0.1, 0.15) is 29.5 Å². The van der Waals surface area contributed by atoms with Crippen molar-refractivity contribution >= 4 is 43.8 Å². The van der Waals surface area contributed by atoms with Crippen LogP contribution in [0.2, 0.25) is 5.02 Å². The van der Waals surface area contributed by atoms with Gasteiger partial charge in [-0.05, 0) is 65.3 Å². The normalized spacial score (nSPS) is 21.0. The molecule has 4 nitrogen and oxygen atoms in total. The monoisotopic (exact) mass is 486 g/mol. The van der Waals surface area contributed by atoms with Gasteiger partial charge in [-0.25, -0.2) is 8.42 Å². The molecule has 34 heavy (non-hydrogen) atoms. The Labute approximate surface area is 204 Å². The zero-order valence-electron chi connectivity index (χ0n) is 18.3. The Hall–Kier alpha value is -3.28. The molecule has 170 valence electrons. The summed E-state index contributed by atoms with van der Waals surface area (Å²) in [5.74, 6) is 0.447. The highest BCUT2D eigenvalue weighted by Gasteiger charge is 2.38. The molecule has 0 spiro atoms. The van der Waals surface area contributed by atoms with Crippen LogP contribution in [-0.2, 0) is 10.0 Å². The molecule has 0 radical (unpaired) electrons. The lowest BCUT2D eigenvalue weighted by molar-refractivity contribution is 0.425. The Kier molecular flexibility index (Phi) is 5.12. The number of halogens is 1. The lowest BCUT2D eigenvalue weighted by Gasteiger charge is -2.37. The van der Waals surface area contributed by atoms with Gasteiger partial charge in [0.2, 0.25) is 0 Å². The first-order valence-corrected chi connectivity index (χ1v) is 13.2. The largest absolute Gasteiger partial charge is 0.378 e. The van der Waals surface area contributed by atoms with E-state index in [0.717, 1.165) is 34.0 Å².